The zero-order valence-corrected chi connectivity index (χ0v) is 9.78. The summed E-state index contributed by atoms with van der Waals surface area (Å²) in [5.41, 5.74) is 3.93. The van der Waals surface area contributed by atoms with E-state index in [0.717, 1.165) is 12.7 Å². The minimum Gasteiger partial charge on any atom is -0.303 e. The summed E-state index contributed by atoms with van der Waals surface area (Å²) in [6.07, 6.45) is 4.57. The number of hydrogen-bond acceptors (Lipinski definition) is 2. The second kappa shape index (κ2) is 5.20. The molecule has 0 fully saturated rings. The average Bonchev–Trinajstić information content (AvgIpc) is 2.16. The summed E-state index contributed by atoms with van der Waals surface area (Å²) >= 11 is 1.76. The Hall–Kier alpha value is -0.760. The molecule has 0 atom stereocenters. The van der Waals surface area contributed by atoms with Crippen LogP contribution in [0.1, 0.15) is 23.1 Å². The fourth-order valence-corrected chi connectivity index (χ4v) is 2.26. The fourth-order valence-electron chi connectivity index (χ4n) is 1.67. The minimum absolute atomic E-state index is 0.625. The third-order valence-corrected chi connectivity index (χ3v) is 3.12. The van der Waals surface area contributed by atoms with Gasteiger partial charge in [-0.25, -0.2) is 0 Å². The Labute approximate surface area is 89.9 Å². The largest absolute Gasteiger partial charge is 0.303 e. The molecule has 0 unspecified atom stereocenters. The van der Waals surface area contributed by atoms with Gasteiger partial charge >= 0.3 is 0 Å². The molecule has 0 spiro atoms. The standard InChI is InChI=1S/C12H16OS/c1-9-7-11(14-3)8-10(2)12(9)5-4-6-13/h6-8H,4-5H2,1-3H3. The molecule has 1 aromatic rings. The van der Waals surface area contributed by atoms with Crippen LogP contribution in [0.5, 0.6) is 0 Å². The van der Waals surface area contributed by atoms with E-state index in [1.165, 1.54) is 21.6 Å². The minimum atomic E-state index is 0.625. The van der Waals surface area contributed by atoms with Crippen molar-refractivity contribution < 1.29 is 4.79 Å². The van der Waals surface area contributed by atoms with Crippen molar-refractivity contribution in [3.63, 3.8) is 0 Å². The van der Waals surface area contributed by atoms with Crippen LogP contribution in [-0.4, -0.2) is 12.5 Å². The number of hydrogen-bond donors (Lipinski definition) is 0. The lowest BCUT2D eigenvalue weighted by atomic mass is 9.99. The number of carbonyl (C=O) groups excluding carboxylic acids is 1. The Morgan fingerprint density at radius 2 is 1.86 bits per heavy atom. The normalized spacial score (nSPS) is 10.2. The van der Waals surface area contributed by atoms with Crippen LogP contribution in [-0.2, 0) is 11.2 Å². The maximum Gasteiger partial charge on any atom is 0.120 e. The second-order valence-electron chi connectivity index (χ2n) is 3.45. The highest BCUT2D eigenvalue weighted by Gasteiger charge is 2.04. The maximum absolute atomic E-state index is 10.3. The molecular weight excluding hydrogens is 192 g/mol. The molecule has 76 valence electrons. The summed E-state index contributed by atoms with van der Waals surface area (Å²) < 4.78 is 0. The van der Waals surface area contributed by atoms with Crippen LogP contribution in [0.2, 0.25) is 0 Å². The summed E-state index contributed by atoms with van der Waals surface area (Å²) in [7, 11) is 0. The summed E-state index contributed by atoms with van der Waals surface area (Å²) in [6.45, 7) is 4.24. The van der Waals surface area contributed by atoms with Gasteiger partial charge in [0.1, 0.15) is 6.29 Å². The predicted octanol–water partition coefficient (Wildman–Crippen LogP) is 3.16. The highest BCUT2D eigenvalue weighted by Crippen LogP contribution is 2.23. The van der Waals surface area contributed by atoms with Gasteiger partial charge in [0.15, 0.2) is 0 Å². The first-order valence-electron chi connectivity index (χ1n) is 4.76. The van der Waals surface area contributed by atoms with Crippen LogP contribution in [0.15, 0.2) is 17.0 Å². The van der Waals surface area contributed by atoms with E-state index in [0.29, 0.717) is 6.42 Å². The average molecular weight is 208 g/mol. The summed E-state index contributed by atoms with van der Waals surface area (Å²) in [6, 6.07) is 4.38. The molecule has 0 N–H and O–H groups in total. The van der Waals surface area contributed by atoms with Crippen molar-refractivity contribution in [2.45, 2.75) is 31.6 Å². The van der Waals surface area contributed by atoms with E-state index in [9.17, 15) is 4.79 Å². The summed E-state index contributed by atoms with van der Waals surface area (Å²) in [4.78, 5) is 11.6. The van der Waals surface area contributed by atoms with E-state index in [1.54, 1.807) is 11.8 Å². The molecule has 0 heterocycles. The molecule has 0 aliphatic rings. The lowest BCUT2D eigenvalue weighted by Crippen LogP contribution is -1.95. The molecule has 1 aromatic carbocycles. The zero-order valence-electron chi connectivity index (χ0n) is 8.96. The highest BCUT2D eigenvalue weighted by atomic mass is 32.2. The van der Waals surface area contributed by atoms with Crippen LogP contribution in [0.3, 0.4) is 0 Å². The summed E-state index contributed by atoms with van der Waals surface area (Å²) in [5, 5.41) is 0. The van der Waals surface area contributed by atoms with Gasteiger partial charge in [0.05, 0.1) is 0 Å². The summed E-state index contributed by atoms with van der Waals surface area (Å²) in [5.74, 6) is 0. The number of aryl methyl sites for hydroxylation is 2. The van der Waals surface area contributed by atoms with Crippen LogP contribution in [0.25, 0.3) is 0 Å². The number of rotatable bonds is 4. The number of carbonyl (C=O) groups is 1. The van der Waals surface area contributed by atoms with Gasteiger partial charge in [-0.15, -0.1) is 11.8 Å². The molecule has 1 rings (SSSR count). The van der Waals surface area contributed by atoms with Gasteiger partial charge in [0.25, 0.3) is 0 Å². The van der Waals surface area contributed by atoms with Crippen LogP contribution in [0, 0.1) is 13.8 Å². The molecule has 0 saturated carbocycles. The van der Waals surface area contributed by atoms with E-state index < -0.39 is 0 Å². The molecule has 14 heavy (non-hydrogen) atoms. The van der Waals surface area contributed by atoms with Crippen molar-refractivity contribution in [2.75, 3.05) is 6.26 Å². The first-order chi connectivity index (χ1) is 6.69. The topological polar surface area (TPSA) is 17.1 Å². The van der Waals surface area contributed by atoms with Crippen molar-refractivity contribution in [1.29, 1.82) is 0 Å². The monoisotopic (exact) mass is 208 g/mol. The smallest absolute Gasteiger partial charge is 0.120 e. The molecule has 0 amide bonds. The third kappa shape index (κ3) is 2.61. The molecule has 0 radical (unpaired) electrons. The maximum atomic E-state index is 10.3. The quantitative estimate of drug-likeness (QED) is 0.558. The van der Waals surface area contributed by atoms with Crippen molar-refractivity contribution in [2.24, 2.45) is 0 Å². The molecule has 0 aromatic heterocycles. The van der Waals surface area contributed by atoms with Crippen LogP contribution in [0.4, 0.5) is 0 Å². The molecule has 0 bridgehead atoms. The molecular formula is C12H16OS. The lowest BCUT2D eigenvalue weighted by Gasteiger charge is -2.10. The van der Waals surface area contributed by atoms with Crippen molar-refractivity contribution >= 4 is 18.0 Å². The van der Waals surface area contributed by atoms with E-state index >= 15 is 0 Å². The van der Waals surface area contributed by atoms with Crippen LogP contribution >= 0.6 is 11.8 Å². The Morgan fingerprint density at radius 1 is 1.29 bits per heavy atom. The first kappa shape index (κ1) is 11.3. The van der Waals surface area contributed by atoms with Crippen LogP contribution < -0.4 is 0 Å². The fraction of sp³-hybridized carbons (Fsp3) is 0.417. The Kier molecular flexibility index (Phi) is 4.21. The second-order valence-corrected chi connectivity index (χ2v) is 4.32. The van der Waals surface area contributed by atoms with E-state index in [4.69, 9.17) is 0 Å². The third-order valence-electron chi connectivity index (χ3n) is 2.42. The van der Waals surface area contributed by atoms with Gasteiger partial charge in [-0.2, -0.15) is 0 Å². The molecule has 2 heteroatoms. The van der Waals surface area contributed by atoms with Gasteiger partial charge in [0, 0.05) is 11.3 Å². The van der Waals surface area contributed by atoms with Gasteiger partial charge in [0.2, 0.25) is 0 Å². The Balaban J connectivity index is 2.98. The zero-order chi connectivity index (χ0) is 10.6. The number of aldehydes is 1. The van der Waals surface area contributed by atoms with Crippen molar-refractivity contribution in [3.05, 3.63) is 28.8 Å². The van der Waals surface area contributed by atoms with Gasteiger partial charge < -0.3 is 4.79 Å². The van der Waals surface area contributed by atoms with Gasteiger partial charge in [-0.05, 0) is 55.3 Å². The SMILES string of the molecule is CSc1cc(C)c(CCC=O)c(C)c1. The van der Waals surface area contributed by atoms with Gasteiger partial charge in [-0.3, -0.25) is 0 Å². The predicted molar refractivity (Wildman–Crippen MR) is 62.1 cm³/mol. The lowest BCUT2D eigenvalue weighted by molar-refractivity contribution is -0.107. The number of benzene rings is 1. The Morgan fingerprint density at radius 3 is 2.29 bits per heavy atom. The number of thioether (sulfide) groups is 1. The molecule has 0 aliphatic heterocycles. The Bertz CT molecular complexity index is 308. The molecule has 1 nitrogen and oxygen atoms in total. The molecule has 0 aliphatic carbocycles. The van der Waals surface area contributed by atoms with E-state index in [1.807, 2.05) is 0 Å². The van der Waals surface area contributed by atoms with E-state index in [-0.39, 0.29) is 0 Å². The van der Waals surface area contributed by atoms with Gasteiger partial charge in [-0.1, -0.05) is 0 Å². The highest BCUT2D eigenvalue weighted by molar-refractivity contribution is 7.98. The van der Waals surface area contributed by atoms with Crippen molar-refractivity contribution in [1.82, 2.24) is 0 Å². The van der Waals surface area contributed by atoms with E-state index in [2.05, 4.69) is 32.2 Å². The van der Waals surface area contributed by atoms with Crippen molar-refractivity contribution in [3.8, 4) is 0 Å². The molecule has 0 saturated heterocycles. The first-order valence-corrected chi connectivity index (χ1v) is 5.99.